The molecular weight excluding hydrogens is 240 g/mol. The van der Waals surface area contributed by atoms with Crippen molar-refractivity contribution in [2.45, 2.75) is 6.04 Å². The van der Waals surface area contributed by atoms with Crippen LogP contribution in [-0.4, -0.2) is 50.0 Å². The summed E-state index contributed by atoms with van der Waals surface area (Å²) in [6, 6.07) is 8.47. The van der Waals surface area contributed by atoms with Gasteiger partial charge in [-0.3, -0.25) is 9.69 Å². The number of nitrogens with zero attached hydrogens (tertiary/aromatic N) is 2. The number of para-hydroxylation sites is 1. The molecule has 2 heterocycles. The molecular formula is C15H20N2O2. The summed E-state index contributed by atoms with van der Waals surface area (Å²) in [5, 5.41) is 0. The molecule has 4 nitrogen and oxygen atoms in total. The normalized spacial score (nSPS) is 29.3. The van der Waals surface area contributed by atoms with E-state index in [1.807, 2.05) is 32.3 Å². The van der Waals surface area contributed by atoms with Gasteiger partial charge in [-0.15, -0.1) is 0 Å². The van der Waals surface area contributed by atoms with Crippen molar-refractivity contribution in [3.05, 3.63) is 29.8 Å². The van der Waals surface area contributed by atoms with Crippen LogP contribution in [0.5, 0.6) is 5.75 Å². The largest absolute Gasteiger partial charge is 0.493 e. The lowest BCUT2D eigenvalue weighted by atomic mass is 9.85. The first-order chi connectivity index (χ1) is 9.09. The molecule has 1 amide bonds. The summed E-state index contributed by atoms with van der Waals surface area (Å²) >= 11 is 0. The average Bonchev–Trinajstić information content (AvgIpc) is 2.75. The summed E-state index contributed by atoms with van der Waals surface area (Å²) in [4.78, 5) is 16.3. The number of amides is 1. The topological polar surface area (TPSA) is 32.8 Å². The molecule has 1 aromatic carbocycles. The van der Waals surface area contributed by atoms with E-state index < -0.39 is 0 Å². The predicted octanol–water partition coefficient (Wildman–Crippen LogP) is 1.39. The SMILES string of the molecule is CN(C)C(=O)[C@@H]1CN(C)[C@H]2c3ccccc3OC[C@@H]12. The molecule has 0 bridgehead atoms. The van der Waals surface area contributed by atoms with E-state index in [2.05, 4.69) is 18.0 Å². The van der Waals surface area contributed by atoms with Crippen molar-refractivity contribution in [3.8, 4) is 5.75 Å². The number of hydrogen-bond acceptors (Lipinski definition) is 3. The third-order valence-corrected chi connectivity index (χ3v) is 4.31. The maximum atomic E-state index is 12.3. The standard InChI is InChI=1S/C15H20N2O2/c1-16(2)15(18)11-8-17(3)14-10-6-4-5-7-13(10)19-9-12(11)14/h4-7,11-12,14H,8-9H2,1-3H3/t11-,12+,14+/m1/s1. The highest BCUT2D eigenvalue weighted by molar-refractivity contribution is 5.79. The van der Waals surface area contributed by atoms with Crippen molar-refractivity contribution in [1.29, 1.82) is 0 Å². The first kappa shape index (κ1) is 12.5. The van der Waals surface area contributed by atoms with Gasteiger partial charge >= 0.3 is 0 Å². The Kier molecular flexibility index (Phi) is 2.97. The summed E-state index contributed by atoms with van der Waals surface area (Å²) in [6.45, 7) is 1.44. The van der Waals surface area contributed by atoms with Gasteiger partial charge in [-0.1, -0.05) is 18.2 Å². The number of hydrogen-bond donors (Lipinski definition) is 0. The lowest BCUT2D eigenvalue weighted by Gasteiger charge is -2.33. The molecule has 4 heteroatoms. The van der Waals surface area contributed by atoms with Gasteiger partial charge in [0.15, 0.2) is 0 Å². The molecule has 0 aliphatic carbocycles. The van der Waals surface area contributed by atoms with E-state index in [-0.39, 0.29) is 17.7 Å². The molecule has 0 spiro atoms. The van der Waals surface area contributed by atoms with Crippen LogP contribution in [0.2, 0.25) is 0 Å². The molecule has 3 rings (SSSR count). The lowest BCUT2D eigenvalue weighted by Crippen LogP contribution is -2.37. The molecule has 2 aliphatic heterocycles. The fourth-order valence-corrected chi connectivity index (χ4v) is 3.42. The molecule has 1 aromatic rings. The van der Waals surface area contributed by atoms with Crippen LogP contribution >= 0.6 is 0 Å². The number of likely N-dealkylation sites (tertiary alicyclic amines) is 1. The third kappa shape index (κ3) is 1.91. The van der Waals surface area contributed by atoms with Crippen LogP contribution in [0.3, 0.4) is 0 Å². The summed E-state index contributed by atoms with van der Waals surface area (Å²) < 4.78 is 5.85. The Bertz CT molecular complexity index is 501. The molecule has 0 radical (unpaired) electrons. The second-order valence-electron chi connectivity index (χ2n) is 5.74. The van der Waals surface area contributed by atoms with Crippen LogP contribution in [0, 0.1) is 11.8 Å². The van der Waals surface area contributed by atoms with Crippen LogP contribution in [0.25, 0.3) is 0 Å². The van der Waals surface area contributed by atoms with E-state index in [0.29, 0.717) is 12.6 Å². The number of rotatable bonds is 1. The monoisotopic (exact) mass is 260 g/mol. The van der Waals surface area contributed by atoms with E-state index in [9.17, 15) is 4.79 Å². The van der Waals surface area contributed by atoms with Gasteiger partial charge in [0.05, 0.1) is 12.5 Å². The van der Waals surface area contributed by atoms with Gasteiger partial charge in [0, 0.05) is 38.2 Å². The minimum atomic E-state index is 0.0401. The molecule has 2 aliphatic rings. The Morgan fingerprint density at radius 1 is 1.37 bits per heavy atom. The molecule has 3 atom stereocenters. The van der Waals surface area contributed by atoms with Gasteiger partial charge in [-0.05, 0) is 13.1 Å². The molecule has 1 saturated heterocycles. The minimum absolute atomic E-state index is 0.0401. The molecule has 0 unspecified atom stereocenters. The molecule has 102 valence electrons. The second kappa shape index (κ2) is 4.53. The fraction of sp³-hybridized carbons (Fsp3) is 0.533. The van der Waals surface area contributed by atoms with E-state index in [0.717, 1.165) is 12.3 Å². The summed E-state index contributed by atoms with van der Waals surface area (Å²) in [5.74, 6) is 1.48. The van der Waals surface area contributed by atoms with Crippen molar-refractivity contribution in [1.82, 2.24) is 9.80 Å². The van der Waals surface area contributed by atoms with Crippen LogP contribution in [0.1, 0.15) is 11.6 Å². The Morgan fingerprint density at radius 3 is 2.84 bits per heavy atom. The fourth-order valence-electron chi connectivity index (χ4n) is 3.42. The summed E-state index contributed by atoms with van der Waals surface area (Å²) in [5.41, 5.74) is 1.22. The second-order valence-corrected chi connectivity index (χ2v) is 5.74. The number of fused-ring (bicyclic) bond motifs is 3. The van der Waals surface area contributed by atoms with Gasteiger partial charge < -0.3 is 9.64 Å². The van der Waals surface area contributed by atoms with Crippen molar-refractivity contribution >= 4 is 5.91 Å². The zero-order valence-corrected chi connectivity index (χ0v) is 11.7. The minimum Gasteiger partial charge on any atom is -0.493 e. The maximum Gasteiger partial charge on any atom is 0.226 e. The number of benzene rings is 1. The van der Waals surface area contributed by atoms with Gasteiger partial charge in [0.1, 0.15) is 5.75 Å². The van der Waals surface area contributed by atoms with Crippen molar-refractivity contribution in [2.75, 3.05) is 34.3 Å². The highest BCUT2D eigenvalue weighted by atomic mass is 16.5. The van der Waals surface area contributed by atoms with Gasteiger partial charge in [-0.2, -0.15) is 0 Å². The molecule has 1 fully saturated rings. The van der Waals surface area contributed by atoms with Crippen molar-refractivity contribution in [3.63, 3.8) is 0 Å². The third-order valence-electron chi connectivity index (χ3n) is 4.31. The Hall–Kier alpha value is -1.55. The molecule has 19 heavy (non-hydrogen) atoms. The first-order valence-electron chi connectivity index (χ1n) is 6.72. The van der Waals surface area contributed by atoms with E-state index >= 15 is 0 Å². The predicted molar refractivity (Wildman–Crippen MR) is 73.0 cm³/mol. The lowest BCUT2D eigenvalue weighted by molar-refractivity contribution is -0.134. The van der Waals surface area contributed by atoms with Crippen LogP contribution in [-0.2, 0) is 4.79 Å². The number of carbonyl (C=O) groups is 1. The summed E-state index contributed by atoms with van der Waals surface area (Å²) in [6.07, 6.45) is 0. The zero-order valence-electron chi connectivity index (χ0n) is 11.7. The van der Waals surface area contributed by atoms with E-state index in [1.54, 1.807) is 4.90 Å². The highest BCUT2D eigenvalue weighted by Gasteiger charge is 2.47. The zero-order chi connectivity index (χ0) is 13.6. The molecule has 0 aromatic heterocycles. The smallest absolute Gasteiger partial charge is 0.226 e. The Morgan fingerprint density at radius 2 is 2.11 bits per heavy atom. The molecule has 0 N–H and O–H groups in total. The van der Waals surface area contributed by atoms with Gasteiger partial charge in [-0.25, -0.2) is 0 Å². The number of carbonyl (C=O) groups excluding carboxylic acids is 1. The molecule has 0 saturated carbocycles. The van der Waals surface area contributed by atoms with Crippen molar-refractivity contribution in [2.24, 2.45) is 11.8 Å². The van der Waals surface area contributed by atoms with Crippen LogP contribution in [0.4, 0.5) is 0 Å². The van der Waals surface area contributed by atoms with Gasteiger partial charge in [0.2, 0.25) is 5.91 Å². The number of ether oxygens (including phenoxy) is 1. The Balaban J connectivity index is 1.94. The highest BCUT2D eigenvalue weighted by Crippen LogP contribution is 2.46. The summed E-state index contributed by atoms with van der Waals surface area (Å²) in [7, 11) is 5.75. The van der Waals surface area contributed by atoms with Crippen molar-refractivity contribution < 1.29 is 9.53 Å². The van der Waals surface area contributed by atoms with E-state index in [4.69, 9.17) is 4.74 Å². The van der Waals surface area contributed by atoms with Crippen LogP contribution < -0.4 is 4.74 Å². The van der Waals surface area contributed by atoms with Gasteiger partial charge in [0.25, 0.3) is 0 Å². The van der Waals surface area contributed by atoms with Crippen LogP contribution in [0.15, 0.2) is 24.3 Å². The Labute approximate surface area is 113 Å². The average molecular weight is 260 g/mol. The van der Waals surface area contributed by atoms with E-state index in [1.165, 1.54) is 5.56 Å². The first-order valence-corrected chi connectivity index (χ1v) is 6.72. The quantitative estimate of drug-likeness (QED) is 0.765. The maximum absolute atomic E-state index is 12.3.